The van der Waals surface area contributed by atoms with Crippen molar-refractivity contribution in [3.05, 3.63) is 57.8 Å². The molecule has 92 valence electrons. The van der Waals surface area contributed by atoms with Crippen molar-refractivity contribution in [3.63, 3.8) is 0 Å². The minimum absolute atomic E-state index is 0.0628. The van der Waals surface area contributed by atoms with E-state index >= 15 is 0 Å². The van der Waals surface area contributed by atoms with Crippen molar-refractivity contribution in [2.24, 2.45) is 0 Å². The SMILES string of the molecule is O=Cc1cccc(Cl)c1Oc1cccc(Cl)c1F. The third kappa shape index (κ3) is 2.47. The average Bonchev–Trinajstić information content (AvgIpc) is 2.37. The monoisotopic (exact) mass is 284 g/mol. The van der Waals surface area contributed by atoms with Crippen LogP contribution >= 0.6 is 23.2 Å². The fourth-order valence-electron chi connectivity index (χ4n) is 1.40. The van der Waals surface area contributed by atoms with Crippen LogP contribution in [0.25, 0.3) is 0 Å². The summed E-state index contributed by atoms with van der Waals surface area (Å²) < 4.78 is 19.0. The number of para-hydroxylation sites is 1. The van der Waals surface area contributed by atoms with Crippen molar-refractivity contribution in [3.8, 4) is 11.5 Å². The van der Waals surface area contributed by atoms with Gasteiger partial charge in [0.1, 0.15) is 0 Å². The molecule has 0 unspecified atom stereocenters. The molecule has 0 saturated carbocycles. The van der Waals surface area contributed by atoms with Crippen molar-refractivity contribution >= 4 is 29.5 Å². The molecule has 0 aromatic heterocycles. The third-order valence-electron chi connectivity index (χ3n) is 2.25. The molecule has 0 radical (unpaired) electrons. The molecular formula is C13H7Cl2FO2. The Morgan fingerprint density at radius 1 is 1.06 bits per heavy atom. The molecule has 0 aliphatic heterocycles. The lowest BCUT2D eigenvalue weighted by Gasteiger charge is -2.10. The molecule has 0 heterocycles. The predicted molar refractivity (Wildman–Crippen MR) is 68.3 cm³/mol. The Kier molecular flexibility index (Phi) is 3.84. The topological polar surface area (TPSA) is 26.3 Å². The Bertz CT molecular complexity index is 600. The highest BCUT2D eigenvalue weighted by atomic mass is 35.5. The zero-order chi connectivity index (χ0) is 13.1. The molecule has 18 heavy (non-hydrogen) atoms. The summed E-state index contributed by atoms with van der Waals surface area (Å²) in [5.41, 5.74) is 0.238. The second kappa shape index (κ2) is 5.38. The Labute approximate surface area is 113 Å². The first-order valence-electron chi connectivity index (χ1n) is 4.99. The van der Waals surface area contributed by atoms with Crippen LogP contribution in [-0.4, -0.2) is 6.29 Å². The molecular weight excluding hydrogens is 278 g/mol. The molecule has 2 aromatic carbocycles. The van der Waals surface area contributed by atoms with Crippen LogP contribution in [0.5, 0.6) is 11.5 Å². The van der Waals surface area contributed by atoms with E-state index in [-0.39, 0.29) is 27.1 Å². The summed E-state index contributed by atoms with van der Waals surface area (Å²) in [5, 5.41) is 0.159. The minimum Gasteiger partial charge on any atom is -0.452 e. The highest BCUT2D eigenvalue weighted by Gasteiger charge is 2.13. The van der Waals surface area contributed by atoms with Crippen LogP contribution in [-0.2, 0) is 0 Å². The Hall–Kier alpha value is -1.58. The molecule has 5 heteroatoms. The lowest BCUT2D eigenvalue weighted by atomic mass is 10.2. The molecule has 2 aromatic rings. The van der Waals surface area contributed by atoms with E-state index in [4.69, 9.17) is 27.9 Å². The Morgan fingerprint density at radius 2 is 1.72 bits per heavy atom. The zero-order valence-electron chi connectivity index (χ0n) is 8.99. The summed E-state index contributed by atoms with van der Waals surface area (Å²) in [7, 11) is 0. The van der Waals surface area contributed by atoms with Crippen LogP contribution in [0.4, 0.5) is 4.39 Å². The van der Waals surface area contributed by atoms with Gasteiger partial charge in [-0.05, 0) is 24.3 Å². The van der Waals surface area contributed by atoms with Gasteiger partial charge in [-0.25, -0.2) is 4.39 Å². The van der Waals surface area contributed by atoms with Crippen LogP contribution in [0.1, 0.15) is 10.4 Å². The summed E-state index contributed by atoms with van der Waals surface area (Å²) in [5.74, 6) is -0.676. The van der Waals surface area contributed by atoms with Gasteiger partial charge in [-0.1, -0.05) is 35.3 Å². The number of carbonyl (C=O) groups is 1. The van der Waals surface area contributed by atoms with E-state index < -0.39 is 5.82 Å². The standard InChI is InChI=1S/C13H7Cl2FO2/c14-9-4-2-6-11(12(9)16)18-13-8(7-17)3-1-5-10(13)15/h1-7H. The van der Waals surface area contributed by atoms with Crippen molar-refractivity contribution in [2.75, 3.05) is 0 Å². The van der Waals surface area contributed by atoms with Gasteiger partial charge in [0.15, 0.2) is 23.6 Å². The molecule has 0 saturated heterocycles. The van der Waals surface area contributed by atoms with Gasteiger partial charge in [0.25, 0.3) is 0 Å². The maximum atomic E-state index is 13.7. The first-order valence-corrected chi connectivity index (χ1v) is 5.74. The molecule has 0 fully saturated rings. The number of carbonyl (C=O) groups excluding carboxylic acids is 1. The van der Waals surface area contributed by atoms with Crippen LogP contribution in [0, 0.1) is 5.82 Å². The van der Waals surface area contributed by atoms with Gasteiger partial charge >= 0.3 is 0 Å². The number of aldehydes is 1. The minimum atomic E-state index is -0.698. The van der Waals surface area contributed by atoms with Crippen molar-refractivity contribution in [1.82, 2.24) is 0 Å². The van der Waals surface area contributed by atoms with E-state index in [9.17, 15) is 9.18 Å². The smallest absolute Gasteiger partial charge is 0.184 e. The summed E-state index contributed by atoms with van der Waals surface area (Å²) >= 11 is 11.5. The average molecular weight is 285 g/mol. The van der Waals surface area contributed by atoms with Gasteiger partial charge in [0.05, 0.1) is 15.6 Å². The number of ether oxygens (including phenoxy) is 1. The van der Waals surface area contributed by atoms with E-state index in [1.807, 2.05) is 0 Å². The number of benzene rings is 2. The molecule has 0 aliphatic carbocycles. The van der Waals surface area contributed by atoms with Crippen molar-refractivity contribution in [2.45, 2.75) is 0 Å². The second-order valence-corrected chi connectivity index (χ2v) is 4.24. The second-order valence-electron chi connectivity index (χ2n) is 3.43. The molecule has 2 rings (SSSR count). The number of hydrogen-bond donors (Lipinski definition) is 0. The number of halogens is 3. The first kappa shape index (κ1) is 12.9. The number of rotatable bonds is 3. The van der Waals surface area contributed by atoms with Crippen LogP contribution < -0.4 is 4.74 Å². The zero-order valence-corrected chi connectivity index (χ0v) is 10.5. The van der Waals surface area contributed by atoms with Gasteiger partial charge in [-0.15, -0.1) is 0 Å². The summed E-state index contributed by atoms with van der Waals surface area (Å²) in [6.07, 6.45) is 0.587. The van der Waals surface area contributed by atoms with Crippen LogP contribution in [0.2, 0.25) is 10.0 Å². The fraction of sp³-hybridized carbons (Fsp3) is 0. The molecule has 0 amide bonds. The van der Waals surface area contributed by atoms with E-state index in [1.165, 1.54) is 24.3 Å². The normalized spacial score (nSPS) is 10.2. The van der Waals surface area contributed by atoms with Crippen LogP contribution in [0.15, 0.2) is 36.4 Å². The van der Waals surface area contributed by atoms with E-state index in [1.54, 1.807) is 12.1 Å². The highest BCUT2D eigenvalue weighted by molar-refractivity contribution is 6.32. The molecule has 0 aliphatic rings. The van der Waals surface area contributed by atoms with E-state index in [0.717, 1.165) is 0 Å². The predicted octanol–water partition coefficient (Wildman–Crippen LogP) is 4.74. The number of hydrogen-bond acceptors (Lipinski definition) is 2. The molecule has 0 spiro atoms. The van der Waals surface area contributed by atoms with Gasteiger partial charge in [-0.2, -0.15) is 0 Å². The van der Waals surface area contributed by atoms with Crippen LogP contribution in [0.3, 0.4) is 0 Å². The Morgan fingerprint density at radius 3 is 2.44 bits per heavy atom. The van der Waals surface area contributed by atoms with Gasteiger partial charge in [0, 0.05) is 0 Å². The third-order valence-corrected chi connectivity index (χ3v) is 2.84. The maximum Gasteiger partial charge on any atom is 0.184 e. The van der Waals surface area contributed by atoms with Gasteiger partial charge in [-0.3, -0.25) is 4.79 Å². The highest BCUT2D eigenvalue weighted by Crippen LogP contribution is 2.34. The molecule has 0 N–H and O–H groups in total. The summed E-state index contributed by atoms with van der Waals surface area (Å²) in [6, 6.07) is 9.02. The van der Waals surface area contributed by atoms with Crippen molar-refractivity contribution in [1.29, 1.82) is 0 Å². The summed E-state index contributed by atoms with van der Waals surface area (Å²) in [6.45, 7) is 0. The quantitative estimate of drug-likeness (QED) is 0.761. The Balaban J connectivity index is 2.46. The fourth-order valence-corrected chi connectivity index (χ4v) is 1.79. The largest absolute Gasteiger partial charge is 0.452 e. The van der Waals surface area contributed by atoms with Gasteiger partial charge < -0.3 is 4.74 Å². The van der Waals surface area contributed by atoms with E-state index in [0.29, 0.717) is 6.29 Å². The molecule has 0 atom stereocenters. The van der Waals surface area contributed by atoms with E-state index in [2.05, 4.69) is 0 Å². The summed E-state index contributed by atoms with van der Waals surface area (Å²) in [4.78, 5) is 10.9. The van der Waals surface area contributed by atoms with Crippen molar-refractivity contribution < 1.29 is 13.9 Å². The molecule has 2 nitrogen and oxygen atoms in total. The lowest BCUT2D eigenvalue weighted by molar-refractivity contribution is 0.112. The first-order chi connectivity index (χ1) is 8.63. The van der Waals surface area contributed by atoms with Gasteiger partial charge in [0.2, 0.25) is 0 Å². The maximum absolute atomic E-state index is 13.7. The lowest BCUT2D eigenvalue weighted by Crippen LogP contribution is -1.94. The molecule has 0 bridgehead atoms.